The summed E-state index contributed by atoms with van der Waals surface area (Å²) >= 11 is 5.79. The van der Waals surface area contributed by atoms with E-state index in [1.165, 1.54) is 0 Å². The van der Waals surface area contributed by atoms with Crippen molar-refractivity contribution in [2.45, 2.75) is 6.42 Å². The predicted octanol–water partition coefficient (Wildman–Crippen LogP) is 1.28. The van der Waals surface area contributed by atoms with Crippen LogP contribution in [-0.2, 0) is 4.79 Å². The number of rotatable bonds is 4. The van der Waals surface area contributed by atoms with Gasteiger partial charge in [-0.1, -0.05) is 11.6 Å². The molecule has 1 aliphatic rings. The monoisotopic (exact) mass is 282 g/mol. The number of nitrogens with two attached hydrogens (primary N) is 1. The molecule has 0 aromatic heterocycles. The predicted molar refractivity (Wildman–Crippen MR) is 74.1 cm³/mol. The van der Waals surface area contributed by atoms with Crippen LogP contribution in [0.4, 0.5) is 16.2 Å². The topological polar surface area (TPSA) is 87.5 Å². The number of hydrogen-bond donors (Lipinski definition) is 3. The van der Waals surface area contributed by atoms with Gasteiger partial charge >= 0.3 is 6.03 Å². The van der Waals surface area contributed by atoms with Crippen LogP contribution < -0.4 is 16.4 Å². The molecule has 19 heavy (non-hydrogen) atoms. The van der Waals surface area contributed by atoms with Gasteiger partial charge in [-0.25, -0.2) is 4.79 Å². The third-order valence-electron chi connectivity index (χ3n) is 2.83. The van der Waals surface area contributed by atoms with Crippen molar-refractivity contribution in [1.29, 1.82) is 0 Å². The molecular weight excluding hydrogens is 268 g/mol. The van der Waals surface area contributed by atoms with Gasteiger partial charge in [-0.3, -0.25) is 4.79 Å². The number of urea groups is 1. The zero-order chi connectivity index (χ0) is 13.8. The maximum Gasteiger partial charge on any atom is 0.317 e. The summed E-state index contributed by atoms with van der Waals surface area (Å²) in [5.74, 6) is -0.165. The molecule has 102 valence electrons. The first kappa shape index (κ1) is 13.5. The Labute approximate surface area is 115 Å². The fourth-order valence-corrected chi connectivity index (χ4v) is 1.92. The molecule has 3 amide bonds. The summed E-state index contributed by atoms with van der Waals surface area (Å²) in [4.78, 5) is 24.6. The number of halogens is 1. The summed E-state index contributed by atoms with van der Waals surface area (Å²) in [5, 5.41) is 5.84. The zero-order valence-electron chi connectivity index (χ0n) is 10.3. The number of nitrogens with zero attached hydrogens (tertiary/aromatic N) is 1. The highest BCUT2D eigenvalue weighted by Crippen LogP contribution is 2.22. The van der Waals surface area contributed by atoms with Crippen LogP contribution in [0.3, 0.4) is 0 Å². The summed E-state index contributed by atoms with van der Waals surface area (Å²) in [6.07, 6.45) is 0.246. The minimum absolute atomic E-state index is 0.122. The number of benzene rings is 1. The van der Waals surface area contributed by atoms with Crippen LogP contribution in [0.15, 0.2) is 18.2 Å². The molecule has 0 spiro atoms. The van der Waals surface area contributed by atoms with E-state index in [-0.39, 0.29) is 18.4 Å². The van der Waals surface area contributed by atoms with Crippen LogP contribution >= 0.6 is 11.6 Å². The van der Waals surface area contributed by atoms with Gasteiger partial charge in [0.05, 0.1) is 10.7 Å². The quantitative estimate of drug-likeness (QED) is 0.727. The van der Waals surface area contributed by atoms with Crippen molar-refractivity contribution in [3.8, 4) is 0 Å². The Bertz CT molecular complexity index is 507. The molecule has 2 rings (SSSR count). The SMILES string of the molecule is Nc1cc(NC(=O)CCN2CCNC2=O)ccc1Cl. The fraction of sp³-hybridized carbons (Fsp3) is 0.333. The van der Waals surface area contributed by atoms with Gasteiger partial charge in [-0.2, -0.15) is 0 Å². The molecule has 6 nitrogen and oxygen atoms in total. The highest BCUT2D eigenvalue weighted by atomic mass is 35.5. The highest BCUT2D eigenvalue weighted by Gasteiger charge is 2.19. The summed E-state index contributed by atoms with van der Waals surface area (Å²) < 4.78 is 0. The zero-order valence-corrected chi connectivity index (χ0v) is 11.0. The lowest BCUT2D eigenvalue weighted by Gasteiger charge is -2.13. The second-order valence-corrected chi connectivity index (χ2v) is 4.66. The number of hydrogen-bond acceptors (Lipinski definition) is 3. The number of carbonyl (C=O) groups excluding carboxylic acids is 2. The Morgan fingerprint density at radius 2 is 2.32 bits per heavy atom. The fourth-order valence-electron chi connectivity index (χ4n) is 1.81. The highest BCUT2D eigenvalue weighted by molar-refractivity contribution is 6.33. The number of anilines is 2. The van der Waals surface area contributed by atoms with E-state index in [9.17, 15) is 9.59 Å². The van der Waals surface area contributed by atoms with Gasteiger partial charge in [-0.05, 0) is 18.2 Å². The van der Waals surface area contributed by atoms with Crippen molar-refractivity contribution in [3.05, 3.63) is 23.2 Å². The molecule has 0 radical (unpaired) electrons. The van der Waals surface area contributed by atoms with E-state index in [0.29, 0.717) is 36.0 Å². The second-order valence-electron chi connectivity index (χ2n) is 4.25. The van der Waals surface area contributed by atoms with Crippen LogP contribution in [0.25, 0.3) is 0 Å². The Kier molecular flexibility index (Phi) is 4.11. The normalized spacial score (nSPS) is 14.4. The summed E-state index contributed by atoms with van der Waals surface area (Å²) in [7, 11) is 0. The van der Waals surface area contributed by atoms with Crippen LogP contribution in [0, 0.1) is 0 Å². The number of nitrogens with one attached hydrogen (secondary N) is 2. The van der Waals surface area contributed by atoms with Gasteiger partial charge in [0.2, 0.25) is 5.91 Å². The van der Waals surface area contributed by atoms with Crippen LogP contribution in [-0.4, -0.2) is 36.5 Å². The summed E-state index contributed by atoms with van der Waals surface area (Å²) in [6, 6.07) is 4.78. The van der Waals surface area contributed by atoms with Crippen molar-refractivity contribution in [2.75, 3.05) is 30.7 Å². The average molecular weight is 283 g/mol. The Morgan fingerprint density at radius 1 is 1.53 bits per heavy atom. The second kappa shape index (κ2) is 5.79. The molecule has 0 saturated carbocycles. The molecular formula is C12H15ClN4O2. The lowest BCUT2D eigenvalue weighted by Crippen LogP contribution is -2.31. The summed E-state index contributed by atoms with van der Waals surface area (Å²) in [6.45, 7) is 1.68. The molecule has 1 fully saturated rings. The van der Waals surface area contributed by atoms with Gasteiger partial charge in [0, 0.05) is 31.7 Å². The van der Waals surface area contributed by atoms with E-state index in [1.807, 2.05) is 0 Å². The minimum Gasteiger partial charge on any atom is -0.397 e. The first-order chi connectivity index (χ1) is 9.06. The Morgan fingerprint density at radius 3 is 2.95 bits per heavy atom. The van der Waals surface area contributed by atoms with E-state index in [4.69, 9.17) is 17.3 Å². The third kappa shape index (κ3) is 3.51. The number of carbonyl (C=O) groups is 2. The van der Waals surface area contributed by atoms with Gasteiger partial charge < -0.3 is 21.3 Å². The third-order valence-corrected chi connectivity index (χ3v) is 3.18. The van der Waals surface area contributed by atoms with Crippen molar-refractivity contribution in [1.82, 2.24) is 10.2 Å². The Hall–Kier alpha value is -1.95. The molecule has 7 heteroatoms. The van der Waals surface area contributed by atoms with Gasteiger partial charge in [0.25, 0.3) is 0 Å². The molecule has 1 aromatic carbocycles. The molecule has 0 atom stereocenters. The first-order valence-corrected chi connectivity index (χ1v) is 6.32. The molecule has 1 saturated heterocycles. The smallest absolute Gasteiger partial charge is 0.317 e. The van der Waals surface area contributed by atoms with Crippen molar-refractivity contribution < 1.29 is 9.59 Å². The minimum atomic E-state index is -0.165. The van der Waals surface area contributed by atoms with Crippen LogP contribution in [0.2, 0.25) is 5.02 Å². The van der Waals surface area contributed by atoms with Crippen molar-refractivity contribution >= 4 is 34.9 Å². The molecule has 1 aliphatic heterocycles. The largest absolute Gasteiger partial charge is 0.397 e. The average Bonchev–Trinajstić information content (AvgIpc) is 2.77. The maximum absolute atomic E-state index is 11.7. The van der Waals surface area contributed by atoms with E-state index in [0.717, 1.165) is 0 Å². The lowest BCUT2D eigenvalue weighted by molar-refractivity contribution is -0.116. The van der Waals surface area contributed by atoms with E-state index in [2.05, 4.69) is 10.6 Å². The molecule has 1 heterocycles. The van der Waals surface area contributed by atoms with Crippen LogP contribution in [0.1, 0.15) is 6.42 Å². The van der Waals surface area contributed by atoms with Gasteiger partial charge in [0.15, 0.2) is 0 Å². The number of amides is 3. The lowest BCUT2D eigenvalue weighted by atomic mass is 10.2. The Balaban J connectivity index is 1.83. The van der Waals surface area contributed by atoms with Gasteiger partial charge in [0.1, 0.15) is 0 Å². The van der Waals surface area contributed by atoms with E-state index >= 15 is 0 Å². The van der Waals surface area contributed by atoms with Gasteiger partial charge in [-0.15, -0.1) is 0 Å². The van der Waals surface area contributed by atoms with E-state index in [1.54, 1.807) is 23.1 Å². The molecule has 0 unspecified atom stereocenters. The van der Waals surface area contributed by atoms with E-state index < -0.39 is 0 Å². The van der Waals surface area contributed by atoms with Crippen molar-refractivity contribution in [3.63, 3.8) is 0 Å². The standard InChI is InChI=1S/C12H15ClN4O2/c13-9-2-1-8(7-10(9)14)16-11(18)3-5-17-6-4-15-12(17)19/h1-2,7H,3-6,14H2,(H,15,19)(H,16,18). The van der Waals surface area contributed by atoms with Crippen molar-refractivity contribution in [2.24, 2.45) is 0 Å². The summed E-state index contributed by atoms with van der Waals surface area (Å²) in [5.41, 5.74) is 6.65. The maximum atomic E-state index is 11.7. The molecule has 0 bridgehead atoms. The molecule has 0 aliphatic carbocycles. The first-order valence-electron chi connectivity index (χ1n) is 5.94. The number of nitrogen functional groups attached to an aromatic ring is 1. The molecule has 1 aromatic rings. The van der Waals surface area contributed by atoms with Crippen LogP contribution in [0.5, 0.6) is 0 Å². The molecule has 4 N–H and O–H groups in total.